The third-order valence-electron chi connectivity index (χ3n) is 3.33. The largest absolute Gasteiger partial charge is 0.463 e. The fourth-order valence-corrected chi connectivity index (χ4v) is 2.49. The van der Waals surface area contributed by atoms with Crippen LogP contribution >= 0.6 is 0 Å². The molecule has 1 aliphatic heterocycles. The molecule has 1 aliphatic rings. The van der Waals surface area contributed by atoms with Gasteiger partial charge in [-0.3, -0.25) is 19.2 Å². The molecule has 0 N–H and O–H groups in total. The van der Waals surface area contributed by atoms with Crippen LogP contribution in [0.2, 0.25) is 0 Å². The Morgan fingerprint density at radius 2 is 1.41 bits per heavy atom. The van der Waals surface area contributed by atoms with Gasteiger partial charge in [0.1, 0.15) is 18.8 Å². The standard InChI is InChI=1S/C17H24O10/c1-6-7-22-15-14(24-10(3)19)13(8-23-9(2)18)27-17(26-12(5)21)16(15)25-11(4)20/h6,13-17H,1,7-8H2,2-5H3/t13-,14-,15+,16-,17?/m1/s1. The van der Waals surface area contributed by atoms with Crippen molar-refractivity contribution in [2.75, 3.05) is 13.2 Å². The third-order valence-corrected chi connectivity index (χ3v) is 3.33. The number of hydrogen-bond donors (Lipinski definition) is 0. The van der Waals surface area contributed by atoms with E-state index in [9.17, 15) is 19.2 Å². The van der Waals surface area contributed by atoms with Crippen LogP contribution in [-0.4, -0.2) is 67.8 Å². The van der Waals surface area contributed by atoms with Crippen molar-refractivity contribution in [3.8, 4) is 0 Å². The smallest absolute Gasteiger partial charge is 0.305 e. The molecule has 152 valence electrons. The maximum atomic E-state index is 11.5. The first kappa shape index (κ1) is 22.6. The number of esters is 4. The van der Waals surface area contributed by atoms with Gasteiger partial charge in [0.15, 0.2) is 12.2 Å². The van der Waals surface area contributed by atoms with E-state index in [1.54, 1.807) is 0 Å². The van der Waals surface area contributed by atoms with Gasteiger partial charge in [-0.2, -0.15) is 0 Å². The quantitative estimate of drug-likeness (QED) is 0.325. The number of rotatable bonds is 8. The Kier molecular flexibility index (Phi) is 8.89. The van der Waals surface area contributed by atoms with Crippen LogP contribution in [0.25, 0.3) is 0 Å². The Morgan fingerprint density at radius 3 is 1.89 bits per heavy atom. The molecule has 0 saturated carbocycles. The van der Waals surface area contributed by atoms with Gasteiger partial charge < -0.3 is 28.4 Å². The van der Waals surface area contributed by atoms with Gasteiger partial charge in [0.25, 0.3) is 0 Å². The van der Waals surface area contributed by atoms with E-state index in [2.05, 4.69) is 6.58 Å². The molecule has 0 bridgehead atoms. The normalized spacial score (nSPS) is 27.2. The summed E-state index contributed by atoms with van der Waals surface area (Å²) in [7, 11) is 0. The van der Waals surface area contributed by atoms with Crippen LogP contribution in [-0.2, 0) is 47.6 Å². The molecule has 1 fully saturated rings. The second kappa shape index (κ2) is 10.6. The van der Waals surface area contributed by atoms with Crippen LogP contribution in [0.4, 0.5) is 0 Å². The summed E-state index contributed by atoms with van der Waals surface area (Å²) in [5.41, 5.74) is 0. The molecule has 1 heterocycles. The van der Waals surface area contributed by atoms with Crippen molar-refractivity contribution in [1.82, 2.24) is 0 Å². The van der Waals surface area contributed by atoms with Crippen LogP contribution in [0, 0.1) is 0 Å². The summed E-state index contributed by atoms with van der Waals surface area (Å²) in [6, 6.07) is 0. The Balaban J connectivity index is 3.24. The first-order chi connectivity index (χ1) is 12.6. The molecule has 0 aromatic carbocycles. The van der Waals surface area contributed by atoms with Gasteiger partial charge >= 0.3 is 23.9 Å². The maximum absolute atomic E-state index is 11.5. The molecule has 0 amide bonds. The summed E-state index contributed by atoms with van der Waals surface area (Å²) < 4.78 is 31.7. The topological polar surface area (TPSA) is 124 Å². The molecular formula is C17H24O10. The highest BCUT2D eigenvalue weighted by atomic mass is 16.7. The average Bonchev–Trinajstić information content (AvgIpc) is 2.53. The van der Waals surface area contributed by atoms with E-state index in [0.29, 0.717) is 0 Å². The summed E-state index contributed by atoms with van der Waals surface area (Å²) in [5, 5.41) is 0. The molecule has 27 heavy (non-hydrogen) atoms. The fraction of sp³-hybridized carbons (Fsp3) is 0.647. The molecular weight excluding hydrogens is 364 g/mol. The molecule has 10 nitrogen and oxygen atoms in total. The molecule has 5 atom stereocenters. The van der Waals surface area contributed by atoms with Gasteiger partial charge in [-0.15, -0.1) is 6.58 Å². The van der Waals surface area contributed by atoms with Crippen LogP contribution < -0.4 is 0 Å². The van der Waals surface area contributed by atoms with Gasteiger partial charge in [-0.25, -0.2) is 0 Å². The van der Waals surface area contributed by atoms with Crippen molar-refractivity contribution in [2.45, 2.75) is 58.4 Å². The Morgan fingerprint density at radius 1 is 0.852 bits per heavy atom. The summed E-state index contributed by atoms with van der Waals surface area (Å²) in [6.07, 6.45) is -4.32. The van der Waals surface area contributed by atoms with Crippen LogP contribution in [0.5, 0.6) is 0 Å². The summed E-state index contributed by atoms with van der Waals surface area (Å²) in [5.74, 6) is -2.63. The molecule has 1 unspecified atom stereocenters. The molecule has 0 aromatic heterocycles. The fourth-order valence-electron chi connectivity index (χ4n) is 2.49. The lowest BCUT2D eigenvalue weighted by Gasteiger charge is -2.43. The van der Waals surface area contributed by atoms with Crippen molar-refractivity contribution in [3.05, 3.63) is 12.7 Å². The predicted octanol–water partition coefficient (Wildman–Crippen LogP) is 0.272. The van der Waals surface area contributed by atoms with E-state index < -0.39 is 54.6 Å². The number of carbonyl (C=O) groups excluding carboxylic acids is 4. The zero-order valence-electron chi connectivity index (χ0n) is 15.7. The molecule has 1 rings (SSSR count). The van der Waals surface area contributed by atoms with Gasteiger partial charge in [0, 0.05) is 27.7 Å². The van der Waals surface area contributed by atoms with Gasteiger partial charge in [-0.1, -0.05) is 6.08 Å². The lowest BCUT2D eigenvalue weighted by atomic mass is 9.98. The Bertz CT molecular complexity index is 572. The molecule has 1 saturated heterocycles. The lowest BCUT2D eigenvalue weighted by molar-refractivity contribution is -0.303. The van der Waals surface area contributed by atoms with Crippen LogP contribution in [0.1, 0.15) is 27.7 Å². The van der Waals surface area contributed by atoms with Crippen molar-refractivity contribution in [2.24, 2.45) is 0 Å². The predicted molar refractivity (Wildman–Crippen MR) is 88.1 cm³/mol. The van der Waals surface area contributed by atoms with E-state index in [-0.39, 0.29) is 13.2 Å². The summed E-state index contributed by atoms with van der Waals surface area (Å²) >= 11 is 0. The highest BCUT2D eigenvalue weighted by Gasteiger charge is 2.52. The SMILES string of the molecule is C=CCO[C@H]1[C@H](OC(C)=O)[C@@H](COC(C)=O)OC(OC(C)=O)[C@@H]1OC(C)=O. The highest BCUT2D eigenvalue weighted by Crippen LogP contribution is 2.29. The van der Waals surface area contributed by atoms with Crippen molar-refractivity contribution < 1.29 is 47.6 Å². The first-order valence-corrected chi connectivity index (χ1v) is 8.18. The minimum Gasteiger partial charge on any atom is -0.463 e. The lowest BCUT2D eigenvalue weighted by Crippen LogP contribution is -2.62. The van der Waals surface area contributed by atoms with Crippen molar-refractivity contribution >= 4 is 23.9 Å². The minimum absolute atomic E-state index is 0.0211. The molecule has 0 aliphatic carbocycles. The van der Waals surface area contributed by atoms with Crippen LogP contribution in [0.3, 0.4) is 0 Å². The number of carbonyl (C=O) groups is 4. The van der Waals surface area contributed by atoms with E-state index in [1.807, 2.05) is 0 Å². The molecule has 0 aromatic rings. The van der Waals surface area contributed by atoms with Crippen molar-refractivity contribution in [3.63, 3.8) is 0 Å². The summed E-state index contributed by atoms with van der Waals surface area (Å²) in [4.78, 5) is 45.6. The summed E-state index contributed by atoms with van der Waals surface area (Å²) in [6.45, 7) is 7.93. The minimum atomic E-state index is -1.35. The van der Waals surface area contributed by atoms with Crippen molar-refractivity contribution in [1.29, 1.82) is 0 Å². The zero-order valence-corrected chi connectivity index (χ0v) is 15.7. The highest BCUT2D eigenvalue weighted by molar-refractivity contribution is 5.68. The molecule has 0 spiro atoms. The second-order valence-electron chi connectivity index (χ2n) is 5.69. The Hall–Kier alpha value is -2.46. The third kappa shape index (κ3) is 7.35. The van der Waals surface area contributed by atoms with E-state index in [0.717, 1.165) is 13.8 Å². The van der Waals surface area contributed by atoms with Gasteiger partial charge in [-0.05, 0) is 0 Å². The van der Waals surface area contributed by atoms with E-state index >= 15 is 0 Å². The zero-order chi connectivity index (χ0) is 20.6. The maximum Gasteiger partial charge on any atom is 0.305 e. The van der Waals surface area contributed by atoms with E-state index in [4.69, 9.17) is 28.4 Å². The number of hydrogen-bond acceptors (Lipinski definition) is 10. The Labute approximate surface area is 156 Å². The monoisotopic (exact) mass is 388 g/mol. The molecule has 0 radical (unpaired) electrons. The van der Waals surface area contributed by atoms with Crippen LogP contribution in [0.15, 0.2) is 12.7 Å². The second-order valence-corrected chi connectivity index (χ2v) is 5.69. The van der Waals surface area contributed by atoms with Gasteiger partial charge in [0.05, 0.1) is 6.61 Å². The van der Waals surface area contributed by atoms with E-state index in [1.165, 1.54) is 19.9 Å². The first-order valence-electron chi connectivity index (χ1n) is 8.18. The number of ether oxygens (including phenoxy) is 6. The van der Waals surface area contributed by atoms with Gasteiger partial charge in [0.2, 0.25) is 6.29 Å². The average molecular weight is 388 g/mol. The molecule has 10 heteroatoms.